The number of anilines is 1. The van der Waals surface area contributed by atoms with Crippen LogP contribution in [0.3, 0.4) is 0 Å². The van der Waals surface area contributed by atoms with E-state index in [2.05, 4.69) is 10.6 Å². The highest BCUT2D eigenvalue weighted by molar-refractivity contribution is 6.07. The van der Waals surface area contributed by atoms with Crippen molar-refractivity contribution in [3.63, 3.8) is 0 Å². The SMILES string of the molecule is COc1ccccc1NC(=O)C1=C(C)N(C2CC2)C(=O)N[C@@H]1c1cccc(C(F)(F)F)c1. The number of methoxy groups -OCH3 is 1. The van der Waals surface area contributed by atoms with Crippen molar-refractivity contribution >= 4 is 17.6 Å². The van der Waals surface area contributed by atoms with Gasteiger partial charge in [-0.25, -0.2) is 4.79 Å². The predicted octanol–water partition coefficient (Wildman–Crippen LogP) is 4.86. The molecule has 1 fully saturated rings. The number of carbonyl (C=O) groups is 2. The lowest BCUT2D eigenvalue weighted by molar-refractivity contribution is -0.137. The summed E-state index contributed by atoms with van der Waals surface area (Å²) >= 11 is 0. The maximum Gasteiger partial charge on any atom is 0.416 e. The van der Waals surface area contributed by atoms with Gasteiger partial charge in [0.1, 0.15) is 5.75 Å². The summed E-state index contributed by atoms with van der Waals surface area (Å²) in [6.45, 7) is 1.65. The number of nitrogens with one attached hydrogen (secondary N) is 2. The van der Waals surface area contributed by atoms with E-state index in [1.54, 1.807) is 31.2 Å². The van der Waals surface area contributed by atoms with Crippen molar-refractivity contribution in [2.45, 2.75) is 38.0 Å². The van der Waals surface area contributed by atoms with Crippen LogP contribution in [0, 0.1) is 0 Å². The summed E-state index contributed by atoms with van der Waals surface area (Å²) in [5.74, 6) is -0.0892. The molecule has 1 saturated carbocycles. The van der Waals surface area contributed by atoms with Crippen molar-refractivity contribution in [2.75, 3.05) is 12.4 Å². The van der Waals surface area contributed by atoms with E-state index in [1.807, 2.05) is 0 Å². The van der Waals surface area contributed by atoms with Gasteiger partial charge in [0.15, 0.2) is 0 Å². The standard InChI is InChI=1S/C23H22F3N3O3/c1-13-19(21(30)27-17-8-3-4-9-18(17)32-2)20(28-22(31)29(13)16-10-11-16)14-6-5-7-15(12-14)23(24,25)26/h3-9,12,16,20H,10-11H2,1-2H3,(H,27,30)(H,28,31)/t20-/m1/s1. The Balaban J connectivity index is 1.77. The molecular weight excluding hydrogens is 423 g/mol. The molecule has 2 aromatic carbocycles. The summed E-state index contributed by atoms with van der Waals surface area (Å²) in [7, 11) is 1.47. The molecule has 32 heavy (non-hydrogen) atoms. The largest absolute Gasteiger partial charge is 0.495 e. The van der Waals surface area contributed by atoms with Crippen molar-refractivity contribution in [2.24, 2.45) is 0 Å². The van der Waals surface area contributed by atoms with E-state index in [1.165, 1.54) is 24.1 Å². The van der Waals surface area contributed by atoms with Crippen LogP contribution >= 0.6 is 0 Å². The molecule has 1 heterocycles. The number of amides is 3. The third-order valence-electron chi connectivity index (χ3n) is 5.59. The zero-order valence-electron chi connectivity index (χ0n) is 17.5. The Morgan fingerprint density at radius 1 is 1.16 bits per heavy atom. The zero-order valence-corrected chi connectivity index (χ0v) is 17.5. The van der Waals surface area contributed by atoms with Gasteiger partial charge in [-0.1, -0.05) is 24.3 Å². The number of rotatable bonds is 5. The molecule has 2 N–H and O–H groups in total. The van der Waals surface area contributed by atoms with Crippen LogP contribution in [0.5, 0.6) is 5.75 Å². The minimum absolute atomic E-state index is 0.0217. The molecule has 0 saturated heterocycles. The summed E-state index contributed by atoms with van der Waals surface area (Å²) in [6.07, 6.45) is -2.94. The van der Waals surface area contributed by atoms with Gasteiger partial charge in [0, 0.05) is 11.7 Å². The first-order chi connectivity index (χ1) is 15.2. The molecule has 9 heteroatoms. The van der Waals surface area contributed by atoms with Crippen molar-refractivity contribution in [3.8, 4) is 5.75 Å². The van der Waals surface area contributed by atoms with Crippen LogP contribution in [0.15, 0.2) is 59.8 Å². The number of alkyl halides is 3. The van der Waals surface area contributed by atoms with Gasteiger partial charge < -0.3 is 15.4 Å². The fourth-order valence-electron chi connectivity index (χ4n) is 3.91. The van der Waals surface area contributed by atoms with Crippen LogP contribution in [-0.4, -0.2) is 30.0 Å². The lowest BCUT2D eigenvalue weighted by atomic mass is 9.92. The van der Waals surface area contributed by atoms with Crippen molar-refractivity contribution in [1.82, 2.24) is 10.2 Å². The fourth-order valence-corrected chi connectivity index (χ4v) is 3.91. The number of urea groups is 1. The smallest absolute Gasteiger partial charge is 0.416 e. The Morgan fingerprint density at radius 3 is 2.53 bits per heavy atom. The van der Waals surface area contributed by atoms with E-state index >= 15 is 0 Å². The molecule has 6 nitrogen and oxygen atoms in total. The normalized spacial score (nSPS) is 19.0. The summed E-state index contributed by atoms with van der Waals surface area (Å²) < 4.78 is 45.1. The molecule has 0 unspecified atom stereocenters. The van der Waals surface area contributed by atoms with Crippen LogP contribution in [0.2, 0.25) is 0 Å². The highest BCUT2D eigenvalue weighted by Crippen LogP contribution is 2.39. The average Bonchev–Trinajstić information content (AvgIpc) is 3.58. The Morgan fingerprint density at radius 2 is 1.88 bits per heavy atom. The number of nitrogens with zero attached hydrogens (tertiary/aromatic N) is 1. The third-order valence-corrected chi connectivity index (χ3v) is 5.59. The summed E-state index contributed by atoms with van der Waals surface area (Å²) in [4.78, 5) is 27.7. The first-order valence-corrected chi connectivity index (χ1v) is 10.1. The molecule has 1 aliphatic heterocycles. The molecule has 0 radical (unpaired) electrons. The number of para-hydroxylation sites is 2. The topological polar surface area (TPSA) is 70.7 Å². The number of ether oxygens (including phenoxy) is 1. The third kappa shape index (κ3) is 4.15. The predicted molar refractivity (Wildman–Crippen MR) is 112 cm³/mol. The van der Waals surface area contributed by atoms with E-state index in [-0.39, 0.29) is 17.2 Å². The van der Waals surface area contributed by atoms with Gasteiger partial charge in [-0.05, 0) is 49.6 Å². The van der Waals surface area contributed by atoms with Gasteiger partial charge >= 0.3 is 12.2 Å². The van der Waals surface area contributed by atoms with E-state index in [9.17, 15) is 22.8 Å². The first kappa shape index (κ1) is 21.7. The number of benzene rings is 2. The number of carbonyl (C=O) groups excluding carboxylic acids is 2. The van der Waals surface area contributed by atoms with Crippen LogP contribution < -0.4 is 15.4 Å². The molecule has 2 aromatic rings. The van der Waals surface area contributed by atoms with Gasteiger partial charge in [0.2, 0.25) is 0 Å². The Kier molecular flexibility index (Phi) is 5.58. The van der Waals surface area contributed by atoms with Crippen LogP contribution in [0.1, 0.15) is 36.9 Å². The number of hydrogen-bond acceptors (Lipinski definition) is 3. The van der Waals surface area contributed by atoms with Crippen LogP contribution in [-0.2, 0) is 11.0 Å². The van der Waals surface area contributed by atoms with Crippen molar-refractivity contribution < 1.29 is 27.5 Å². The maximum absolute atomic E-state index is 13.4. The highest BCUT2D eigenvalue weighted by atomic mass is 19.4. The van der Waals surface area contributed by atoms with E-state index in [0.717, 1.165) is 25.0 Å². The molecule has 1 atom stereocenters. The molecule has 2 aliphatic rings. The van der Waals surface area contributed by atoms with Gasteiger partial charge in [0.05, 0.1) is 30.0 Å². The summed E-state index contributed by atoms with van der Waals surface area (Å²) in [5, 5.41) is 5.51. The molecular formula is C23H22F3N3O3. The number of allylic oxidation sites excluding steroid dienone is 1. The summed E-state index contributed by atoms with van der Waals surface area (Å²) in [6, 6.07) is 9.98. The minimum Gasteiger partial charge on any atom is -0.495 e. The molecule has 3 amide bonds. The first-order valence-electron chi connectivity index (χ1n) is 10.1. The van der Waals surface area contributed by atoms with Crippen LogP contribution in [0.25, 0.3) is 0 Å². The molecule has 168 valence electrons. The van der Waals surface area contributed by atoms with E-state index in [4.69, 9.17) is 4.74 Å². The molecule has 0 bridgehead atoms. The quantitative estimate of drug-likeness (QED) is 0.691. The Bertz CT molecular complexity index is 1090. The second-order valence-corrected chi connectivity index (χ2v) is 7.76. The molecule has 1 aliphatic carbocycles. The minimum atomic E-state index is -4.55. The number of halogens is 3. The van der Waals surface area contributed by atoms with Gasteiger partial charge in [-0.2, -0.15) is 13.2 Å². The van der Waals surface area contributed by atoms with Crippen molar-refractivity contribution in [1.29, 1.82) is 0 Å². The second kappa shape index (κ2) is 8.22. The Labute approximate surface area is 183 Å². The molecule has 4 rings (SSSR count). The van der Waals surface area contributed by atoms with Gasteiger partial charge in [-0.3, -0.25) is 9.69 Å². The number of hydrogen-bond donors (Lipinski definition) is 2. The zero-order chi connectivity index (χ0) is 23.0. The van der Waals surface area contributed by atoms with E-state index < -0.39 is 29.7 Å². The lowest BCUT2D eigenvalue weighted by Crippen LogP contribution is -2.49. The average molecular weight is 445 g/mol. The fraction of sp³-hybridized carbons (Fsp3) is 0.304. The second-order valence-electron chi connectivity index (χ2n) is 7.76. The highest BCUT2D eigenvalue weighted by Gasteiger charge is 2.42. The summed E-state index contributed by atoms with van der Waals surface area (Å²) in [5.41, 5.74) is 0.343. The Hall–Kier alpha value is -3.49. The van der Waals surface area contributed by atoms with Gasteiger partial charge in [-0.15, -0.1) is 0 Å². The van der Waals surface area contributed by atoms with E-state index in [0.29, 0.717) is 17.1 Å². The van der Waals surface area contributed by atoms with Crippen LogP contribution in [0.4, 0.5) is 23.7 Å². The molecule has 0 spiro atoms. The van der Waals surface area contributed by atoms with Gasteiger partial charge in [0.25, 0.3) is 5.91 Å². The monoisotopic (exact) mass is 445 g/mol. The maximum atomic E-state index is 13.4. The lowest BCUT2D eigenvalue weighted by Gasteiger charge is -2.36. The molecule has 0 aromatic heterocycles. The van der Waals surface area contributed by atoms with Crippen molar-refractivity contribution in [3.05, 3.63) is 70.9 Å².